The number of aromatic nitrogens is 3. The van der Waals surface area contributed by atoms with Crippen LogP contribution in [0.25, 0.3) is 22.6 Å². The predicted molar refractivity (Wildman–Crippen MR) is 81.8 cm³/mol. The first kappa shape index (κ1) is 14.1. The molecule has 0 saturated carbocycles. The molecule has 0 N–H and O–H groups in total. The molecule has 2 heterocycles. The van der Waals surface area contributed by atoms with Crippen LogP contribution in [0.3, 0.4) is 0 Å². The Hall–Kier alpha value is -2.89. The Balaban J connectivity index is 2.27. The van der Waals surface area contributed by atoms with Gasteiger partial charge in [-0.25, -0.2) is 9.78 Å². The lowest BCUT2D eigenvalue weighted by molar-refractivity contribution is 0.0600. The monoisotopic (exact) mass is 297 g/mol. The Morgan fingerprint density at radius 1 is 1.23 bits per heavy atom. The molecule has 3 rings (SSSR count). The third-order valence-electron chi connectivity index (χ3n) is 3.47. The molecule has 0 saturated heterocycles. The molecule has 0 amide bonds. The summed E-state index contributed by atoms with van der Waals surface area (Å²) in [5.74, 6) is 0.844. The lowest BCUT2D eigenvalue weighted by Gasteiger charge is -2.07. The first-order valence-electron chi connectivity index (χ1n) is 6.70. The maximum Gasteiger partial charge on any atom is 0.338 e. The van der Waals surface area contributed by atoms with E-state index in [0.717, 1.165) is 11.2 Å². The van der Waals surface area contributed by atoms with Gasteiger partial charge in [-0.3, -0.25) is 4.98 Å². The van der Waals surface area contributed by atoms with Gasteiger partial charge in [0.1, 0.15) is 17.0 Å². The highest BCUT2D eigenvalue weighted by atomic mass is 16.5. The standard InChI is InChI=1S/C16H15N3O3/c1-19-14-12(18-15(19)11-6-4-5-7-17-11)8-10(16(20)22-3)9-13(14)21-2/h4-9H,1-3H3. The van der Waals surface area contributed by atoms with Crippen LogP contribution in [-0.4, -0.2) is 34.7 Å². The van der Waals surface area contributed by atoms with Gasteiger partial charge in [-0.1, -0.05) is 6.07 Å². The zero-order valence-electron chi connectivity index (χ0n) is 12.5. The van der Waals surface area contributed by atoms with Crippen LogP contribution in [-0.2, 0) is 11.8 Å². The van der Waals surface area contributed by atoms with Crippen LogP contribution >= 0.6 is 0 Å². The lowest BCUT2D eigenvalue weighted by Crippen LogP contribution is -2.02. The topological polar surface area (TPSA) is 66.2 Å². The number of fused-ring (bicyclic) bond motifs is 1. The molecule has 6 heteroatoms. The molecule has 2 aromatic heterocycles. The minimum absolute atomic E-state index is 0.400. The van der Waals surface area contributed by atoms with Crippen LogP contribution in [0.1, 0.15) is 10.4 Å². The Morgan fingerprint density at radius 3 is 2.68 bits per heavy atom. The van der Waals surface area contributed by atoms with Gasteiger partial charge >= 0.3 is 5.97 Å². The number of aryl methyl sites for hydroxylation is 1. The number of nitrogens with zero attached hydrogens (tertiary/aromatic N) is 3. The first-order chi connectivity index (χ1) is 10.7. The number of hydrogen-bond acceptors (Lipinski definition) is 5. The molecular formula is C16H15N3O3. The summed E-state index contributed by atoms with van der Waals surface area (Å²) in [6, 6.07) is 8.98. The van der Waals surface area contributed by atoms with Crippen LogP contribution in [0.5, 0.6) is 5.75 Å². The van der Waals surface area contributed by atoms with E-state index in [4.69, 9.17) is 9.47 Å². The molecule has 0 atom stereocenters. The summed E-state index contributed by atoms with van der Waals surface area (Å²) in [6.45, 7) is 0. The largest absolute Gasteiger partial charge is 0.494 e. The minimum Gasteiger partial charge on any atom is -0.494 e. The van der Waals surface area contributed by atoms with Crippen LogP contribution in [0.2, 0.25) is 0 Å². The zero-order chi connectivity index (χ0) is 15.7. The molecule has 22 heavy (non-hydrogen) atoms. The number of pyridine rings is 1. The summed E-state index contributed by atoms with van der Waals surface area (Å²) in [6.07, 6.45) is 1.71. The Labute approximate surface area is 127 Å². The number of benzene rings is 1. The average molecular weight is 297 g/mol. The van der Waals surface area contributed by atoms with E-state index in [1.54, 1.807) is 25.4 Å². The normalized spacial score (nSPS) is 10.7. The number of imidazole rings is 1. The number of ether oxygens (including phenoxy) is 2. The van der Waals surface area contributed by atoms with Crippen molar-refractivity contribution in [2.24, 2.45) is 7.05 Å². The van der Waals surface area contributed by atoms with E-state index in [2.05, 4.69) is 9.97 Å². The van der Waals surface area contributed by atoms with Gasteiger partial charge in [-0.05, 0) is 24.3 Å². The van der Waals surface area contributed by atoms with Gasteiger partial charge in [-0.15, -0.1) is 0 Å². The number of esters is 1. The van der Waals surface area contributed by atoms with Gasteiger partial charge < -0.3 is 14.0 Å². The molecule has 6 nitrogen and oxygen atoms in total. The van der Waals surface area contributed by atoms with E-state index in [0.29, 0.717) is 22.7 Å². The molecule has 1 aromatic carbocycles. The van der Waals surface area contributed by atoms with Crippen molar-refractivity contribution in [1.82, 2.24) is 14.5 Å². The van der Waals surface area contributed by atoms with E-state index in [1.165, 1.54) is 7.11 Å². The maximum absolute atomic E-state index is 11.8. The molecule has 0 radical (unpaired) electrons. The second kappa shape index (κ2) is 5.48. The molecule has 0 aliphatic rings. The van der Waals surface area contributed by atoms with Crippen LogP contribution in [0.15, 0.2) is 36.5 Å². The molecule has 0 fully saturated rings. The Bertz CT molecular complexity index is 841. The summed E-state index contributed by atoms with van der Waals surface area (Å²) >= 11 is 0. The highest BCUT2D eigenvalue weighted by Gasteiger charge is 2.18. The number of rotatable bonds is 3. The molecule has 112 valence electrons. The van der Waals surface area contributed by atoms with E-state index in [9.17, 15) is 4.79 Å². The van der Waals surface area contributed by atoms with Gasteiger partial charge in [0.15, 0.2) is 5.82 Å². The first-order valence-corrected chi connectivity index (χ1v) is 6.70. The van der Waals surface area contributed by atoms with Gasteiger partial charge in [0.2, 0.25) is 0 Å². The summed E-state index contributed by atoms with van der Waals surface area (Å²) in [4.78, 5) is 20.7. The molecule has 3 aromatic rings. The van der Waals surface area contributed by atoms with Crippen molar-refractivity contribution in [1.29, 1.82) is 0 Å². The van der Waals surface area contributed by atoms with Crippen molar-refractivity contribution in [2.45, 2.75) is 0 Å². The number of hydrogen-bond donors (Lipinski definition) is 0. The van der Waals surface area contributed by atoms with Gasteiger partial charge in [0, 0.05) is 13.2 Å². The molecule has 0 unspecified atom stereocenters. The van der Waals surface area contributed by atoms with Gasteiger partial charge in [-0.2, -0.15) is 0 Å². The second-order valence-corrected chi connectivity index (χ2v) is 4.75. The SMILES string of the molecule is COC(=O)c1cc(OC)c2c(c1)nc(-c1ccccn1)n2C. The minimum atomic E-state index is -0.426. The third-order valence-corrected chi connectivity index (χ3v) is 3.47. The van der Waals surface area contributed by atoms with Crippen molar-refractivity contribution in [3.63, 3.8) is 0 Å². The van der Waals surface area contributed by atoms with E-state index in [1.807, 2.05) is 29.8 Å². The number of carbonyl (C=O) groups excluding carboxylic acids is 1. The maximum atomic E-state index is 11.8. The summed E-state index contributed by atoms with van der Waals surface area (Å²) in [5, 5.41) is 0. The van der Waals surface area contributed by atoms with Crippen molar-refractivity contribution >= 4 is 17.0 Å². The average Bonchev–Trinajstić information content (AvgIpc) is 2.91. The molecular weight excluding hydrogens is 282 g/mol. The Kier molecular flexibility index (Phi) is 3.50. The molecule has 0 bridgehead atoms. The Morgan fingerprint density at radius 2 is 2.05 bits per heavy atom. The predicted octanol–water partition coefficient (Wildman–Crippen LogP) is 2.43. The molecule has 0 spiro atoms. The van der Waals surface area contributed by atoms with Crippen molar-refractivity contribution in [3.05, 3.63) is 42.1 Å². The second-order valence-electron chi connectivity index (χ2n) is 4.75. The summed E-state index contributed by atoms with van der Waals surface area (Å²) in [7, 11) is 4.79. The summed E-state index contributed by atoms with van der Waals surface area (Å²) in [5.41, 5.74) is 2.61. The van der Waals surface area contributed by atoms with E-state index in [-0.39, 0.29) is 0 Å². The van der Waals surface area contributed by atoms with Crippen LogP contribution in [0, 0.1) is 0 Å². The fourth-order valence-corrected chi connectivity index (χ4v) is 2.43. The quantitative estimate of drug-likeness (QED) is 0.695. The van der Waals surface area contributed by atoms with Crippen molar-refractivity contribution < 1.29 is 14.3 Å². The van der Waals surface area contributed by atoms with Gasteiger partial charge in [0.25, 0.3) is 0 Å². The van der Waals surface area contributed by atoms with E-state index >= 15 is 0 Å². The van der Waals surface area contributed by atoms with Gasteiger partial charge in [0.05, 0.1) is 25.3 Å². The zero-order valence-corrected chi connectivity index (χ0v) is 12.5. The highest BCUT2D eigenvalue weighted by Crippen LogP contribution is 2.31. The van der Waals surface area contributed by atoms with E-state index < -0.39 is 5.97 Å². The van der Waals surface area contributed by atoms with Crippen molar-refractivity contribution in [2.75, 3.05) is 14.2 Å². The number of carbonyl (C=O) groups is 1. The molecule has 0 aliphatic carbocycles. The van der Waals surface area contributed by atoms with Crippen LogP contribution in [0.4, 0.5) is 0 Å². The lowest BCUT2D eigenvalue weighted by atomic mass is 10.2. The number of methoxy groups -OCH3 is 2. The van der Waals surface area contributed by atoms with Crippen LogP contribution < -0.4 is 4.74 Å². The fraction of sp³-hybridized carbons (Fsp3) is 0.188. The van der Waals surface area contributed by atoms with Crippen molar-refractivity contribution in [3.8, 4) is 17.3 Å². The fourth-order valence-electron chi connectivity index (χ4n) is 2.43. The molecule has 0 aliphatic heterocycles. The summed E-state index contributed by atoms with van der Waals surface area (Å²) < 4.78 is 12.1. The smallest absolute Gasteiger partial charge is 0.338 e. The third kappa shape index (κ3) is 2.18. The highest BCUT2D eigenvalue weighted by molar-refractivity contribution is 5.97.